The molecule has 0 saturated heterocycles. The van der Waals surface area contributed by atoms with Gasteiger partial charge in [-0.1, -0.05) is 13.8 Å². The maximum atomic E-state index is 13.3. The third kappa shape index (κ3) is 4.86. The molecule has 0 spiro atoms. The number of anilines is 1. The fraction of sp³-hybridized carbons (Fsp3) is 0.417. The molecule has 0 aliphatic rings. The van der Waals surface area contributed by atoms with E-state index in [4.69, 9.17) is 11.1 Å². The van der Waals surface area contributed by atoms with Crippen LogP contribution < -0.4 is 10.5 Å². The normalized spacial score (nSPS) is 11.6. The van der Waals surface area contributed by atoms with Crippen LogP contribution in [0.1, 0.15) is 25.8 Å². The van der Waals surface area contributed by atoms with Crippen molar-refractivity contribution >= 4 is 21.5 Å². The van der Waals surface area contributed by atoms with Crippen molar-refractivity contribution in [2.75, 3.05) is 10.5 Å². The van der Waals surface area contributed by atoms with Gasteiger partial charge in [-0.2, -0.15) is 0 Å². The smallest absolute Gasteiger partial charge is 0.232 e. The van der Waals surface area contributed by atoms with Gasteiger partial charge in [0.25, 0.3) is 0 Å². The zero-order chi connectivity index (χ0) is 14.6. The van der Waals surface area contributed by atoms with Crippen LogP contribution in [-0.2, 0) is 10.0 Å². The minimum Gasteiger partial charge on any atom is -0.384 e. The van der Waals surface area contributed by atoms with Crippen molar-refractivity contribution in [1.82, 2.24) is 0 Å². The number of rotatable bonds is 6. The van der Waals surface area contributed by atoms with Crippen LogP contribution in [0.25, 0.3) is 0 Å². The lowest BCUT2D eigenvalue weighted by atomic mass is 10.2. The molecule has 0 aromatic heterocycles. The number of nitrogens with two attached hydrogens (primary N) is 1. The molecule has 0 bridgehead atoms. The number of hydrogen-bond donors (Lipinski definition) is 3. The highest BCUT2D eigenvalue weighted by Gasteiger charge is 2.13. The molecule has 5 nitrogen and oxygen atoms in total. The van der Waals surface area contributed by atoms with E-state index in [2.05, 4.69) is 4.72 Å². The van der Waals surface area contributed by atoms with Crippen LogP contribution >= 0.6 is 0 Å². The fourth-order valence-corrected chi connectivity index (χ4v) is 2.79. The van der Waals surface area contributed by atoms with Gasteiger partial charge < -0.3 is 5.73 Å². The molecule has 0 unspecified atom stereocenters. The lowest BCUT2D eigenvalue weighted by molar-refractivity contribution is 0.578. The second-order valence-electron chi connectivity index (χ2n) is 4.71. The van der Waals surface area contributed by atoms with Gasteiger partial charge >= 0.3 is 0 Å². The molecule has 7 heteroatoms. The summed E-state index contributed by atoms with van der Waals surface area (Å²) in [6.07, 6.45) is 0.538. The maximum absolute atomic E-state index is 13.3. The Labute approximate surface area is 112 Å². The molecule has 0 atom stereocenters. The Morgan fingerprint density at radius 1 is 1.47 bits per heavy atom. The number of nitrogens with one attached hydrogen (secondary N) is 2. The van der Waals surface area contributed by atoms with Crippen molar-refractivity contribution in [1.29, 1.82) is 5.41 Å². The van der Waals surface area contributed by atoms with Crippen LogP contribution in [0.15, 0.2) is 18.2 Å². The second kappa shape index (κ2) is 6.01. The topological polar surface area (TPSA) is 96.0 Å². The lowest BCUT2D eigenvalue weighted by Crippen LogP contribution is -2.19. The van der Waals surface area contributed by atoms with Gasteiger partial charge in [-0.25, -0.2) is 12.8 Å². The zero-order valence-electron chi connectivity index (χ0n) is 10.9. The van der Waals surface area contributed by atoms with Crippen LogP contribution in [-0.4, -0.2) is 20.0 Å². The van der Waals surface area contributed by atoms with E-state index in [0.717, 1.165) is 6.07 Å². The summed E-state index contributed by atoms with van der Waals surface area (Å²) < 4.78 is 39.2. The molecule has 1 aromatic carbocycles. The minimum atomic E-state index is -3.47. The van der Waals surface area contributed by atoms with E-state index in [9.17, 15) is 12.8 Å². The van der Waals surface area contributed by atoms with E-state index in [1.54, 1.807) is 0 Å². The average Bonchev–Trinajstić information content (AvgIpc) is 2.28. The number of nitrogen functional groups attached to an aromatic ring is 1. The molecule has 0 radical (unpaired) electrons. The first-order valence-corrected chi connectivity index (χ1v) is 7.51. The van der Waals surface area contributed by atoms with Crippen LogP contribution in [0.5, 0.6) is 0 Å². The van der Waals surface area contributed by atoms with Gasteiger partial charge in [-0.15, -0.1) is 0 Å². The van der Waals surface area contributed by atoms with Crippen LogP contribution in [0.2, 0.25) is 0 Å². The van der Waals surface area contributed by atoms with Crippen molar-refractivity contribution in [2.45, 2.75) is 20.3 Å². The molecule has 1 aromatic rings. The third-order valence-corrected chi connectivity index (χ3v) is 3.81. The molecule has 0 amide bonds. The van der Waals surface area contributed by atoms with Gasteiger partial charge in [0.1, 0.15) is 11.7 Å². The predicted octanol–water partition coefficient (Wildman–Crippen LogP) is 1.90. The van der Waals surface area contributed by atoms with Crippen LogP contribution in [0, 0.1) is 17.1 Å². The number of amidine groups is 1. The summed E-state index contributed by atoms with van der Waals surface area (Å²) in [6.45, 7) is 3.86. The summed E-state index contributed by atoms with van der Waals surface area (Å²) in [5.41, 5.74) is 5.29. The lowest BCUT2D eigenvalue weighted by Gasteiger charge is -2.10. The standard InChI is InChI=1S/C12H18FN3O2S/c1-8(2)5-6-19(17,18)16-9-3-4-11(13)10(7-9)12(14)15/h3-4,7-8,16H,5-6H2,1-2H3,(H3,14,15). The summed E-state index contributed by atoms with van der Waals surface area (Å²) in [5, 5.41) is 7.20. The van der Waals surface area contributed by atoms with E-state index in [1.807, 2.05) is 13.8 Å². The first-order valence-electron chi connectivity index (χ1n) is 5.85. The Morgan fingerprint density at radius 3 is 2.63 bits per heavy atom. The number of benzene rings is 1. The molecule has 19 heavy (non-hydrogen) atoms. The third-order valence-electron chi connectivity index (χ3n) is 2.49. The van der Waals surface area contributed by atoms with E-state index >= 15 is 0 Å². The molecule has 4 N–H and O–H groups in total. The SMILES string of the molecule is CC(C)CCS(=O)(=O)Nc1ccc(F)c(C(=N)N)c1. The van der Waals surface area contributed by atoms with Gasteiger partial charge in [0, 0.05) is 5.69 Å². The van der Waals surface area contributed by atoms with Crippen molar-refractivity contribution < 1.29 is 12.8 Å². The first-order chi connectivity index (χ1) is 8.71. The number of halogens is 1. The van der Waals surface area contributed by atoms with Crippen molar-refractivity contribution in [3.8, 4) is 0 Å². The Bertz CT molecular complexity index is 570. The van der Waals surface area contributed by atoms with Crippen molar-refractivity contribution in [3.05, 3.63) is 29.6 Å². The quantitative estimate of drug-likeness (QED) is 0.550. The van der Waals surface area contributed by atoms with Gasteiger partial charge in [-0.3, -0.25) is 10.1 Å². The molecule has 0 saturated carbocycles. The van der Waals surface area contributed by atoms with E-state index in [1.165, 1.54) is 12.1 Å². The second-order valence-corrected chi connectivity index (χ2v) is 6.55. The maximum Gasteiger partial charge on any atom is 0.232 e. The summed E-state index contributed by atoms with van der Waals surface area (Å²) in [5.74, 6) is -0.826. The van der Waals surface area contributed by atoms with E-state index in [-0.39, 0.29) is 22.9 Å². The summed E-state index contributed by atoms with van der Waals surface area (Å²) in [4.78, 5) is 0. The Morgan fingerprint density at radius 2 is 2.11 bits per heavy atom. The zero-order valence-corrected chi connectivity index (χ0v) is 11.7. The van der Waals surface area contributed by atoms with E-state index in [0.29, 0.717) is 6.42 Å². The molecular weight excluding hydrogens is 269 g/mol. The minimum absolute atomic E-state index is 0.00253. The summed E-state index contributed by atoms with van der Waals surface area (Å²) in [7, 11) is -3.47. The van der Waals surface area contributed by atoms with Crippen molar-refractivity contribution in [3.63, 3.8) is 0 Å². The van der Waals surface area contributed by atoms with E-state index < -0.39 is 21.7 Å². The number of hydrogen-bond acceptors (Lipinski definition) is 3. The highest BCUT2D eigenvalue weighted by molar-refractivity contribution is 7.92. The fourth-order valence-electron chi connectivity index (χ4n) is 1.42. The molecule has 106 valence electrons. The highest BCUT2D eigenvalue weighted by atomic mass is 32.2. The van der Waals surface area contributed by atoms with Gasteiger partial charge in [0.05, 0.1) is 11.3 Å². The Balaban J connectivity index is 2.88. The highest BCUT2D eigenvalue weighted by Crippen LogP contribution is 2.16. The Hall–Kier alpha value is -1.63. The summed E-state index contributed by atoms with van der Waals surface area (Å²) >= 11 is 0. The first kappa shape index (κ1) is 15.4. The Kier molecular flexibility index (Phi) is 4.88. The van der Waals surface area contributed by atoms with Gasteiger partial charge in [0.15, 0.2) is 0 Å². The van der Waals surface area contributed by atoms with Crippen LogP contribution in [0.3, 0.4) is 0 Å². The van der Waals surface area contributed by atoms with Crippen molar-refractivity contribution in [2.24, 2.45) is 11.7 Å². The molecule has 1 rings (SSSR count). The van der Waals surface area contributed by atoms with Crippen LogP contribution in [0.4, 0.5) is 10.1 Å². The molecule has 0 heterocycles. The largest absolute Gasteiger partial charge is 0.384 e. The molecular formula is C12H18FN3O2S. The predicted molar refractivity (Wildman–Crippen MR) is 74.3 cm³/mol. The molecule has 0 fully saturated rings. The molecule has 0 aliphatic heterocycles. The van der Waals surface area contributed by atoms with Gasteiger partial charge in [-0.05, 0) is 30.5 Å². The monoisotopic (exact) mass is 287 g/mol. The molecule has 0 aliphatic carbocycles. The van der Waals surface area contributed by atoms with Gasteiger partial charge in [0.2, 0.25) is 10.0 Å². The number of sulfonamides is 1. The summed E-state index contributed by atoms with van der Waals surface area (Å²) in [6, 6.07) is 3.59. The average molecular weight is 287 g/mol.